The minimum Gasteiger partial charge on any atom is -0.303 e. The number of nitrogens with one attached hydrogen (secondary N) is 1. The highest BCUT2D eigenvalue weighted by Crippen LogP contribution is 2.28. The highest BCUT2D eigenvalue weighted by molar-refractivity contribution is 5.74. The fraction of sp³-hybridized carbons (Fsp3) is 0.933. The quantitative estimate of drug-likeness (QED) is 0.308. The number of nitrogens with zero attached hydrogens (tertiary/aromatic N) is 1. The van der Waals surface area contributed by atoms with Crippen LogP contribution in [0.1, 0.15) is 64.7 Å². The molecule has 19 heavy (non-hydrogen) atoms. The van der Waals surface area contributed by atoms with Crippen molar-refractivity contribution in [1.82, 2.24) is 10.3 Å². The SMILES string of the molecule is CCC1CCC(N(C)CCCCCC(=O)NN)CC1. The Balaban J connectivity index is 2.05. The third-order valence-corrected chi connectivity index (χ3v) is 4.59. The van der Waals surface area contributed by atoms with Crippen LogP contribution < -0.4 is 11.3 Å². The Bertz CT molecular complexity index is 250. The van der Waals surface area contributed by atoms with Crippen molar-refractivity contribution in [3.63, 3.8) is 0 Å². The second-order valence-electron chi connectivity index (χ2n) is 5.94. The number of unbranched alkanes of at least 4 members (excludes halogenated alkanes) is 2. The summed E-state index contributed by atoms with van der Waals surface area (Å²) in [7, 11) is 2.25. The topological polar surface area (TPSA) is 58.4 Å². The van der Waals surface area contributed by atoms with Gasteiger partial charge < -0.3 is 4.90 Å². The molecule has 0 aromatic heterocycles. The van der Waals surface area contributed by atoms with Crippen LogP contribution in [0.4, 0.5) is 0 Å². The smallest absolute Gasteiger partial charge is 0.233 e. The molecule has 0 heterocycles. The van der Waals surface area contributed by atoms with Crippen molar-refractivity contribution in [2.75, 3.05) is 13.6 Å². The van der Waals surface area contributed by atoms with Gasteiger partial charge in [-0.15, -0.1) is 0 Å². The van der Waals surface area contributed by atoms with E-state index < -0.39 is 0 Å². The van der Waals surface area contributed by atoms with E-state index in [4.69, 9.17) is 5.84 Å². The average Bonchev–Trinajstić information content (AvgIpc) is 2.46. The molecule has 0 atom stereocenters. The van der Waals surface area contributed by atoms with Crippen LogP contribution in [0, 0.1) is 5.92 Å². The zero-order chi connectivity index (χ0) is 14.1. The number of rotatable bonds is 8. The molecule has 0 aromatic carbocycles. The van der Waals surface area contributed by atoms with Crippen LogP contribution in [0.2, 0.25) is 0 Å². The van der Waals surface area contributed by atoms with Gasteiger partial charge in [-0.2, -0.15) is 0 Å². The molecule has 1 aliphatic rings. The lowest BCUT2D eigenvalue weighted by Gasteiger charge is -2.34. The summed E-state index contributed by atoms with van der Waals surface area (Å²) in [5, 5.41) is 0. The summed E-state index contributed by atoms with van der Waals surface area (Å²) in [6.07, 6.45) is 10.7. The molecule has 0 unspecified atom stereocenters. The molecule has 0 bridgehead atoms. The van der Waals surface area contributed by atoms with Crippen LogP contribution in [-0.2, 0) is 4.79 Å². The Morgan fingerprint density at radius 3 is 2.47 bits per heavy atom. The molecule has 1 fully saturated rings. The third kappa shape index (κ3) is 6.39. The van der Waals surface area contributed by atoms with E-state index in [9.17, 15) is 4.79 Å². The standard InChI is InChI=1S/C15H31N3O/c1-3-13-8-10-14(11-9-13)18(2)12-6-4-5-7-15(19)17-16/h13-14H,3-12,16H2,1-2H3,(H,17,19). The maximum absolute atomic E-state index is 11.0. The summed E-state index contributed by atoms with van der Waals surface area (Å²) >= 11 is 0. The van der Waals surface area contributed by atoms with Gasteiger partial charge in [-0.3, -0.25) is 10.2 Å². The van der Waals surface area contributed by atoms with Gasteiger partial charge in [0.15, 0.2) is 0 Å². The van der Waals surface area contributed by atoms with Gasteiger partial charge >= 0.3 is 0 Å². The van der Waals surface area contributed by atoms with E-state index in [0.717, 1.165) is 31.3 Å². The number of hydrogen-bond donors (Lipinski definition) is 2. The van der Waals surface area contributed by atoms with Gasteiger partial charge in [0.2, 0.25) is 5.91 Å². The number of hydrogen-bond acceptors (Lipinski definition) is 3. The molecule has 0 aromatic rings. The molecular weight excluding hydrogens is 238 g/mol. The van der Waals surface area contributed by atoms with Crippen molar-refractivity contribution in [2.45, 2.75) is 70.8 Å². The Morgan fingerprint density at radius 2 is 1.89 bits per heavy atom. The Labute approximate surface area is 118 Å². The molecule has 1 rings (SSSR count). The van der Waals surface area contributed by atoms with Crippen molar-refractivity contribution in [3.8, 4) is 0 Å². The summed E-state index contributed by atoms with van der Waals surface area (Å²) in [6, 6.07) is 0.787. The normalized spacial score (nSPS) is 23.6. The van der Waals surface area contributed by atoms with Crippen LogP contribution in [0.25, 0.3) is 0 Å². The minimum absolute atomic E-state index is 0.0498. The van der Waals surface area contributed by atoms with Gasteiger partial charge in [0.05, 0.1) is 0 Å². The Hall–Kier alpha value is -0.610. The number of nitrogens with two attached hydrogens (primary N) is 1. The molecule has 0 aliphatic heterocycles. The molecule has 1 saturated carbocycles. The molecule has 1 amide bonds. The largest absolute Gasteiger partial charge is 0.303 e. The maximum Gasteiger partial charge on any atom is 0.233 e. The summed E-state index contributed by atoms with van der Waals surface area (Å²) in [5.41, 5.74) is 2.18. The average molecular weight is 269 g/mol. The van der Waals surface area contributed by atoms with Gasteiger partial charge in [-0.05, 0) is 58.0 Å². The maximum atomic E-state index is 11.0. The Kier molecular flexibility index (Phi) is 8.07. The molecule has 4 nitrogen and oxygen atoms in total. The molecule has 1 aliphatic carbocycles. The van der Waals surface area contributed by atoms with Crippen molar-refractivity contribution in [1.29, 1.82) is 0 Å². The van der Waals surface area contributed by atoms with Crippen molar-refractivity contribution >= 4 is 5.91 Å². The molecule has 0 saturated heterocycles. The van der Waals surface area contributed by atoms with Crippen LogP contribution in [0.15, 0.2) is 0 Å². The molecule has 0 radical (unpaired) electrons. The van der Waals surface area contributed by atoms with E-state index in [1.54, 1.807) is 0 Å². The zero-order valence-electron chi connectivity index (χ0n) is 12.7. The van der Waals surface area contributed by atoms with Gasteiger partial charge in [0.25, 0.3) is 0 Å². The van der Waals surface area contributed by atoms with E-state index >= 15 is 0 Å². The summed E-state index contributed by atoms with van der Waals surface area (Å²) in [4.78, 5) is 13.5. The van der Waals surface area contributed by atoms with Crippen molar-refractivity contribution in [3.05, 3.63) is 0 Å². The van der Waals surface area contributed by atoms with E-state index in [2.05, 4.69) is 24.3 Å². The zero-order valence-corrected chi connectivity index (χ0v) is 12.7. The van der Waals surface area contributed by atoms with Crippen LogP contribution >= 0.6 is 0 Å². The predicted octanol–water partition coefficient (Wildman–Crippen LogP) is 2.44. The molecule has 3 N–H and O–H groups in total. The number of carbonyl (C=O) groups excluding carboxylic acids is 1. The van der Waals surface area contributed by atoms with E-state index in [1.165, 1.54) is 38.5 Å². The second-order valence-corrected chi connectivity index (χ2v) is 5.94. The van der Waals surface area contributed by atoms with Crippen molar-refractivity contribution < 1.29 is 4.79 Å². The number of hydrazine groups is 1. The second kappa shape index (κ2) is 9.32. The van der Waals surface area contributed by atoms with E-state index in [1.807, 2.05) is 0 Å². The first-order valence-corrected chi connectivity index (χ1v) is 7.87. The third-order valence-electron chi connectivity index (χ3n) is 4.59. The first kappa shape index (κ1) is 16.4. The monoisotopic (exact) mass is 269 g/mol. The van der Waals surface area contributed by atoms with Crippen LogP contribution in [0.3, 0.4) is 0 Å². The highest BCUT2D eigenvalue weighted by Gasteiger charge is 2.22. The minimum atomic E-state index is -0.0498. The van der Waals surface area contributed by atoms with Gasteiger partial charge in [-0.25, -0.2) is 5.84 Å². The number of amides is 1. The summed E-state index contributed by atoms with van der Waals surface area (Å²) < 4.78 is 0. The molecule has 0 spiro atoms. The van der Waals surface area contributed by atoms with Gasteiger partial charge in [0, 0.05) is 12.5 Å². The lowest BCUT2D eigenvalue weighted by molar-refractivity contribution is -0.121. The lowest BCUT2D eigenvalue weighted by Crippen LogP contribution is -2.35. The van der Waals surface area contributed by atoms with Crippen LogP contribution in [0.5, 0.6) is 0 Å². The first-order valence-electron chi connectivity index (χ1n) is 7.87. The number of carbonyl (C=O) groups is 1. The Morgan fingerprint density at radius 1 is 1.21 bits per heavy atom. The molecule has 4 heteroatoms. The van der Waals surface area contributed by atoms with E-state index in [-0.39, 0.29) is 5.91 Å². The fourth-order valence-corrected chi connectivity index (χ4v) is 3.07. The highest BCUT2D eigenvalue weighted by atomic mass is 16.2. The predicted molar refractivity (Wildman–Crippen MR) is 79.5 cm³/mol. The lowest BCUT2D eigenvalue weighted by atomic mass is 9.84. The molecule has 112 valence electrons. The van der Waals surface area contributed by atoms with Crippen molar-refractivity contribution in [2.24, 2.45) is 11.8 Å². The first-order chi connectivity index (χ1) is 9.17. The van der Waals surface area contributed by atoms with Gasteiger partial charge in [-0.1, -0.05) is 19.8 Å². The summed E-state index contributed by atoms with van der Waals surface area (Å²) in [5.74, 6) is 5.97. The fourth-order valence-electron chi connectivity index (χ4n) is 3.07. The molecular formula is C15H31N3O. The summed E-state index contributed by atoms with van der Waals surface area (Å²) in [6.45, 7) is 3.47. The van der Waals surface area contributed by atoms with Crippen LogP contribution in [-0.4, -0.2) is 30.4 Å². The van der Waals surface area contributed by atoms with Gasteiger partial charge in [0.1, 0.15) is 0 Å². The van der Waals surface area contributed by atoms with E-state index in [0.29, 0.717) is 6.42 Å².